The molecule has 0 aliphatic carbocycles. The normalized spacial score (nSPS) is 11.3. The van der Waals surface area contributed by atoms with Crippen molar-refractivity contribution in [2.45, 2.75) is 17.8 Å². The van der Waals surface area contributed by atoms with Crippen LogP contribution < -0.4 is 5.56 Å². The fourth-order valence-electron chi connectivity index (χ4n) is 2.48. The molecule has 0 saturated carbocycles. The lowest BCUT2D eigenvalue weighted by Gasteiger charge is -2.02. The fraction of sp³-hybridized carbons (Fsp3) is 0.111. The molecule has 1 N–H and O–H groups in total. The zero-order chi connectivity index (χ0) is 15.8. The van der Waals surface area contributed by atoms with Crippen molar-refractivity contribution in [2.75, 3.05) is 0 Å². The van der Waals surface area contributed by atoms with Gasteiger partial charge in [0.05, 0.1) is 0 Å². The van der Waals surface area contributed by atoms with Crippen LogP contribution in [0.2, 0.25) is 0 Å². The third kappa shape index (κ3) is 2.64. The van der Waals surface area contributed by atoms with E-state index in [2.05, 4.69) is 41.2 Å². The minimum atomic E-state index is -0.238. The Hall–Kier alpha value is -2.53. The third-order valence-corrected chi connectivity index (χ3v) is 4.65. The van der Waals surface area contributed by atoms with E-state index in [1.54, 1.807) is 0 Å². The molecule has 114 valence electrons. The van der Waals surface area contributed by atoms with Crippen LogP contribution in [0.25, 0.3) is 22.1 Å². The Morgan fingerprint density at radius 2 is 1.91 bits per heavy atom. The highest BCUT2D eigenvalue weighted by molar-refractivity contribution is 7.98. The van der Waals surface area contributed by atoms with Gasteiger partial charge in [0.25, 0.3) is 5.56 Å². The predicted octanol–water partition coefficient (Wildman–Crippen LogP) is 4.27. The van der Waals surface area contributed by atoms with Crippen molar-refractivity contribution in [3.8, 4) is 0 Å². The first-order chi connectivity index (χ1) is 11.2. The van der Waals surface area contributed by atoms with Crippen molar-refractivity contribution in [1.29, 1.82) is 0 Å². The number of hydrogen-bond donors (Lipinski definition) is 1. The number of thioether (sulfide) groups is 1. The topological polar surface area (TPSA) is 58.9 Å². The van der Waals surface area contributed by atoms with E-state index in [0.29, 0.717) is 16.3 Å². The Morgan fingerprint density at radius 3 is 2.74 bits per heavy atom. The van der Waals surface area contributed by atoms with Crippen LogP contribution >= 0.6 is 11.8 Å². The van der Waals surface area contributed by atoms with Crippen molar-refractivity contribution >= 4 is 33.8 Å². The monoisotopic (exact) mass is 322 g/mol. The smallest absolute Gasteiger partial charge is 0.295 e. The van der Waals surface area contributed by atoms with E-state index >= 15 is 0 Å². The zero-order valence-electron chi connectivity index (χ0n) is 12.5. The Morgan fingerprint density at radius 1 is 1.13 bits per heavy atom. The molecule has 0 radical (unpaired) electrons. The van der Waals surface area contributed by atoms with Crippen LogP contribution in [-0.2, 0) is 5.75 Å². The maximum Gasteiger partial charge on any atom is 0.295 e. The summed E-state index contributed by atoms with van der Waals surface area (Å²) in [7, 11) is 0. The van der Waals surface area contributed by atoms with Crippen molar-refractivity contribution in [2.24, 2.45) is 0 Å². The van der Waals surface area contributed by atoms with Gasteiger partial charge in [-0.05, 0) is 24.6 Å². The van der Waals surface area contributed by atoms with E-state index < -0.39 is 0 Å². The van der Waals surface area contributed by atoms with E-state index in [1.807, 2.05) is 24.3 Å². The van der Waals surface area contributed by atoms with E-state index in [1.165, 1.54) is 22.9 Å². The van der Waals surface area contributed by atoms with E-state index in [4.69, 9.17) is 4.42 Å². The minimum absolute atomic E-state index is 0.238. The quantitative estimate of drug-likeness (QED) is 0.452. The van der Waals surface area contributed by atoms with E-state index in [9.17, 15) is 4.79 Å². The molecule has 4 nitrogen and oxygen atoms in total. The minimum Gasteiger partial charge on any atom is -0.449 e. The summed E-state index contributed by atoms with van der Waals surface area (Å²) >= 11 is 1.51. The molecule has 4 rings (SSSR count). The van der Waals surface area contributed by atoms with Gasteiger partial charge in [-0.3, -0.25) is 9.78 Å². The van der Waals surface area contributed by atoms with Crippen molar-refractivity contribution < 1.29 is 4.42 Å². The first-order valence-corrected chi connectivity index (χ1v) is 8.29. The lowest BCUT2D eigenvalue weighted by atomic mass is 10.2. The van der Waals surface area contributed by atoms with Crippen LogP contribution in [0.5, 0.6) is 0 Å². The highest BCUT2D eigenvalue weighted by Crippen LogP contribution is 2.27. The number of aromatic amines is 1. The number of benzene rings is 2. The molecule has 4 aromatic rings. The fourth-order valence-corrected chi connectivity index (χ4v) is 3.30. The number of para-hydroxylation sites is 1. The second-order valence-corrected chi connectivity index (χ2v) is 6.39. The van der Waals surface area contributed by atoms with Crippen LogP contribution in [0.4, 0.5) is 0 Å². The van der Waals surface area contributed by atoms with E-state index in [0.717, 1.165) is 11.1 Å². The summed E-state index contributed by atoms with van der Waals surface area (Å²) in [6.45, 7) is 2.06. The van der Waals surface area contributed by atoms with Crippen LogP contribution in [0.15, 0.2) is 62.9 Å². The lowest BCUT2D eigenvalue weighted by molar-refractivity contribution is 0.658. The molecule has 0 aliphatic heterocycles. The number of rotatable bonds is 3. The molecular weight excluding hydrogens is 308 g/mol. The summed E-state index contributed by atoms with van der Waals surface area (Å²) in [6.07, 6.45) is 0. The Labute approximate surface area is 136 Å². The first-order valence-electron chi connectivity index (χ1n) is 7.30. The summed E-state index contributed by atoms with van der Waals surface area (Å²) in [5.74, 6) is 0.754. The highest BCUT2D eigenvalue weighted by Gasteiger charge is 2.13. The summed E-state index contributed by atoms with van der Waals surface area (Å²) in [4.78, 5) is 19.6. The average Bonchev–Trinajstić information content (AvgIpc) is 2.94. The molecular formula is C18H14N2O2S. The van der Waals surface area contributed by atoms with E-state index in [-0.39, 0.29) is 11.1 Å². The van der Waals surface area contributed by atoms with Gasteiger partial charge >= 0.3 is 0 Å². The number of aromatic nitrogens is 2. The Kier molecular flexibility index (Phi) is 3.42. The number of nitrogens with one attached hydrogen (secondary N) is 1. The molecule has 0 spiro atoms. The molecule has 0 fully saturated rings. The standard InChI is InChI=1S/C18H14N2O2S/c1-11-6-8-12(9-7-11)10-23-18-19-15-13-4-2-3-5-14(13)22-16(15)17(21)20-18/h2-9H,10H2,1H3,(H,19,20,21). The SMILES string of the molecule is Cc1ccc(CSc2nc3c(oc4ccccc43)c(=O)[nH]2)cc1. The molecule has 0 unspecified atom stereocenters. The lowest BCUT2D eigenvalue weighted by Crippen LogP contribution is -2.07. The maximum absolute atomic E-state index is 12.2. The van der Waals surface area contributed by atoms with Gasteiger partial charge in [0.1, 0.15) is 11.1 Å². The van der Waals surface area contributed by atoms with Gasteiger partial charge in [-0.1, -0.05) is 53.7 Å². The number of H-pyrrole nitrogens is 1. The van der Waals surface area contributed by atoms with Gasteiger partial charge < -0.3 is 4.42 Å². The molecule has 23 heavy (non-hydrogen) atoms. The van der Waals surface area contributed by atoms with Crippen LogP contribution in [-0.4, -0.2) is 9.97 Å². The summed E-state index contributed by atoms with van der Waals surface area (Å²) in [6, 6.07) is 15.9. The molecule has 2 aromatic carbocycles. The van der Waals surface area contributed by atoms with Crippen LogP contribution in [0.1, 0.15) is 11.1 Å². The summed E-state index contributed by atoms with van der Waals surface area (Å²) in [5.41, 5.74) is 3.78. The second-order valence-electron chi connectivity index (χ2n) is 5.42. The number of fused-ring (bicyclic) bond motifs is 3. The predicted molar refractivity (Wildman–Crippen MR) is 92.9 cm³/mol. The molecule has 0 aliphatic rings. The van der Waals surface area contributed by atoms with Crippen molar-refractivity contribution in [3.05, 3.63) is 70.0 Å². The van der Waals surface area contributed by atoms with Crippen molar-refractivity contribution in [3.63, 3.8) is 0 Å². The molecule has 0 amide bonds. The number of aryl methyl sites for hydroxylation is 1. The Bertz CT molecular complexity index is 1050. The summed E-state index contributed by atoms with van der Waals surface area (Å²) in [5, 5.41) is 1.47. The number of furan rings is 1. The second kappa shape index (κ2) is 5.59. The van der Waals surface area contributed by atoms with Gasteiger partial charge in [0.2, 0.25) is 5.58 Å². The van der Waals surface area contributed by atoms with Gasteiger partial charge in [-0.25, -0.2) is 4.98 Å². The van der Waals surface area contributed by atoms with Crippen molar-refractivity contribution in [1.82, 2.24) is 9.97 Å². The summed E-state index contributed by atoms with van der Waals surface area (Å²) < 4.78 is 5.60. The number of nitrogens with zero attached hydrogens (tertiary/aromatic N) is 1. The zero-order valence-corrected chi connectivity index (χ0v) is 13.3. The molecule has 5 heteroatoms. The maximum atomic E-state index is 12.2. The molecule has 2 heterocycles. The van der Waals surface area contributed by atoms with Crippen LogP contribution in [0, 0.1) is 6.92 Å². The van der Waals surface area contributed by atoms with Gasteiger partial charge in [-0.15, -0.1) is 0 Å². The average molecular weight is 322 g/mol. The van der Waals surface area contributed by atoms with Gasteiger partial charge in [0, 0.05) is 11.1 Å². The Balaban J connectivity index is 1.71. The molecule has 0 atom stereocenters. The molecule has 0 bridgehead atoms. The first kappa shape index (κ1) is 14.1. The largest absolute Gasteiger partial charge is 0.449 e. The van der Waals surface area contributed by atoms with Crippen LogP contribution in [0.3, 0.4) is 0 Å². The number of hydrogen-bond acceptors (Lipinski definition) is 4. The molecule has 2 aromatic heterocycles. The van der Waals surface area contributed by atoms with Gasteiger partial charge in [0.15, 0.2) is 5.16 Å². The highest BCUT2D eigenvalue weighted by atomic mass is 32.2. The third-order valence-electron chi connectivity index (χ3n) is 3.71. The molecule has 0 saturated heterocycles. The van der Waals surface area contributed by atoms with Gasteiger partial charge in [-0.2, -0.15) is 0 Å².